The van der Waals surface area contributed by atoms with Gasteiger partial charge in [-0.1, -0.05) is 19.4 Å². The predicted octanol–water partition coefficient (Wildman–Crippen LogP) is 2.61. The first-order valence-corrected chi connectivity index (χ1v) is 6.47. The highest BCUT2D eigenvalue weighted by molar-refractivity contribution is 5.92. The molecule has 4 heteroatoms. The first kappa shape index (κ1) is 12.7. The van der Waals surface area contributed by atoms with Crippen LogP contribution in [0.1, 0.15) is 26.2 Å². The van der Waals surface area contributed by atoms with Crippen molar-refractivity contribution in [1.82, 2.24) is 0 Å². The maximum Gasteiger partial charge on any atom is 0.193 e. The number of hydrogen-bond acceptors (Lipinski definition) is 2. The van der Waals surface area contributed by atoms with Gasteiger partial charge in [-0.3, -0.25) is 0 Å². The molecule has 3 N–H and O–H groups in total. The van der Waals surface area contributed by atoms with E-state index in [4.69, 9.17) is 10.5 Å². The Morgan fingerprint density at radius 1 is 1.56 bits per heavy atom. The van der Waals surface area contributed by atoms with Gasteiger partial charge in [0.25, 0.3) is 0 Å². The van der Waals surface area contributed by atoms with E-state index in [2.05, 4.69) is 17.2 Å². The van der Waals surface area contributed by atoms with Crippen LogP contribution in [0.15, 0.2) is 29.3 Å². The monoisotopic (exact) mass is 247 g/mol. The number of nitrogens with two attached hydrogens (primary N) is 1. The van der Waals surface area contributed by atoms with Gasteiger partial charge in [0.05, 0.1) is 13.2 Å². The standard InChI is InChI=1S/C14H21N3O/c1-3-5-10-8-13(10)17-14(15)16-11-6-4-7-12(9-11)18-2/h4,6-7,9-10,13H,3,5,8H2,1-2H3,(H3,15,16,17)/t10-,13-/m1/s1. The molecular formula is C14H21N3O. The van der Waals surface area contributed by atoms with E-state index in [1.54, 1.807) is 7.11 Å². The highest BCUT2D eigenvalue weighted by Crippen LogP contribution is 2.37. The highest BCUT2D eigenvalue weighted by atomic mass is 16.5. The van der Waals surface area contributed by atoms with Gasteiger partial charge < -0.3 is 15.8 Å². The zero-order valence-electron chi connectivity index (χ0n) is 11.0. The summed E-state index contributed by atoms with van der Waals surface area (Å²) in [5, 5.41) is 3.10. The summed E-state index contributed by atoms with van der Waals surface area (Å²) in [6.07, 6.45) is 3.65. The number of rotatable bonds is 5. The van der Waals surface area contributed by atoms with Crippen LogP contribution in [0.3, 0.4) is 0 Å². The Labute approximate surface area is 108 Å². The van der Waals surface area contributed by atoms with E-state index in [0.29, 0.717) is 12.0 Å². The second kappa shape index (κ2) is 5.76. The molecule has 0 aliphatic heterocycles. The molecular weight excluding hydrogens is 226 g/mol. The number of anilines is 1. The number of aliphatic imine (C=N–C) groups is 1. The third kappa shape index (κ3) is 3.39. The Hall–Kier alpha value is -1.71. The molecule has 2 rings (SSSR count). The van der Waals surface area contributed by atoms with Crippen molar-refractivity contribution in [3.05, 3.63) is 24.3 Å². The molecule has 1 aromatic carbocycles. The molecule has 0 aromatic heterocycles. The minimum atomic E-state index is 0.419. The van der Waals surface area contributed by atoms with Crippen molar-refractivity contribution in [3.63, 3.8) is 0 Å². The predicted molar refractivity (Wildman–Crippen MR) is 75.0 cm³/mol. The molecule has 2 atom stereocenters. The third-order valence-corrected chi connectivity index (χ3v) is 3.19. The summed E-state index contributed by atoms with van der Waals surface area (Å²) in [6, 6.07) is 8.09. The molecule has 0 heterocycles. The first-order chi connectivity index (χ1) is 8.72. The van der Waals surface area contributed by atoms with Crippen LogP contribution in [0.5, 0.6) is 5.75 Å². The lowest BCUT2D eigenvalue weighted by Crippen LogP contribution is -2.23. The summed E-state index contributed by atoms with van der Waals surface area (Å²) in [4.78, 5) is 4.48. The van der Waals surface area contributed by atoms with Crippen LogP contribution in [-0.4, -0.2) is 19.1 Å². The fourth-order valence-electron chi connectivity index (χ4n) is 2.13. The maximum absolute atomic E-state index is 5.89. The molecule has 0 saturated heterocycles. The number of ether oxygens (including phenoxy) is 1. The van der Waals surface area contributed by atoms with Crippen LogP contribution in [0.25, 0.3) is 0 Å². The number of nitrogens with one attached hydrogen (secondary N) is 1. The van der Waals surface area contributed by atoms with Gasteiger partial charge in [-0.2, -0.15) is 0 Å². The SMILES string of the molecule is CCC[C@@H]1C[C@H]1N=C(N)Nc1cccc(OC)c1. The average molecular weight is 247 g/mol. The molecule has 4 nitrogen and oxygen atoms in total. The van der Waals surface area contributed by atoms with Gasteiger partial charge in [-0.15, -0.1) is 0 Å². The van der Waals surface area contributed by atoms with E-state index >= 15 is 0 Å². The number of methoxy groups -OCH3 is 1. The minimum absolute atomic E-state index is 0.419. The molecule has 0 spiro atoms. The number of nitrogens with zero attached hydrogens (tertiary/aromatic N) is 1. The summed E-state index contributed by atoms with van der Waals surface area (Å²) in [5.41, 5.74) is 6.80. The van der Waals surface area contributed by atoms with Gasteiger partial charge in [-0.25, -0.2) is 4.99 Å². The van der Waals surface area contributed by atoms with Crippen molar-refractivity contribution >= 4 is 11.6 Å². The van der Waals surface area contributed by atoms with Crippen LogP contribution in [0, 0.1) is 5.92 Å². The minimum Gasteiger partial charge on any atom is -0.497 e. The van der Waals surface area contributed by atoms with E-state index in [1.165, 1.54) is 19.3 Å². The molecule has 98 valence electrons. The van der Waals surface area contributed by atoms with Crippen LogP contribution in [-0.2, 0) is 0 Å². The molecule has 0 unspecified atom stereocenters. The molecule has 0 amide bonds. The number of benzene rings is 1. The third-order valence-electron chi connectivity index (χ3n) is 3.19. The fraction of sp³-hybridized carbons (Fsp3) is 0.500. The van der Waals surface area contributed by atoms with E-state index < -0.39 is 0 Å². The summed E-state index contributed by atoms with van der Waals surface area (Å²) >= 11 is 0. The Morgan fingerprint density at radius 2 is 2.39 bits per heavy atom. The van der Waals surface area contributed by atoms with Crippen molar-refractivity contribution in [2.75, 3.05) is 12.4 Å². The Bertz CT molecular complexity index is 431. The maximum atomic E-state index is 5.89. The van der Waals surface area contributed by atoms with Crippen LogP contribution >= 0.6 is 0 Å². The normalized spacial score (nSPS) is 22.7. The van der Waals surface area contributed by atoms with Crippen molar-refractivity contribution < 1.29 is 4.74 Å². The quantitative estimate of drug-likeness (QED) is 0.621. The first-order valence-electron chi connectivity index (χ1n) is 6.47. The topological polar surface area (TPSA) is 59.6 Å². The van der Waals surface area contributed by atoms with Crippen LogP contribution in [0.4, 0.5) is 5.69 Å². The van der Waals surface area contributed by atoms with E-state index in [-0.39, 0.29) is 0 Å². The lowest BCUT2D eigenvalue weighted by atomic mass is 10.2. The second-order valence-electron chi connectivity index (χ2n) is 4.72. The van der Waals surface area contributed by atoms with E-state index in [1.807, 2.05) is 24.3 Å². The Kier molecular flexibility index (Phi) is 4.07. The molecule has 1 saturated carbocycles. The van der Waals surface area contributed by atoms with Gasteiger partial charge in [0.2, 0.25) is 0 Å². The van der Waals surface area contributed by atoms with Gasteiger partial charge in [0, 0.05) is 11.8 Å². The Morgan fingerprint density at radius 3 is 3.11 bits per heavy atom. The summed E-state index contributed by atoms with van der Waals surface area (Å²) in [7, 11) is 1.65. The van der Waals surface area contributed by atoms with Crippen molar-refractivity contribution in [3.8, 4) is 5.75 Å². The van der Waals surface area contributed by atoms with E-state index in [9.17, 15) is 0 Å². The van der Waals surface area contributed by atoms with Crippen LogP contribution in [0.2, 0.25) is 0 Å². The zero-order valence-corrected chi connectivity index (χ0v) is 11.0. The molecule has 18 heavy (non-hydrogen) atoms. The molecule has 0 radical (unpaired) electrons. The molecule has 1 fully saturated rings. The largest absolute Gasteiger partial charge is 0.497 e. The molecule has 0 bridgehead atoms. The van der Waals surface area contributed by atoms with Gasteiger partial charge in [0.1, 0.15) is 5.75 Å². The van der Waals surface area contributed by atoms with Gasteiger partial charge >= 0.3 is 0 Å². The van der Waals surface area contributed by atoms with Gasteiger partial charge in [0.15, 0.2) is 5.96 Å². The lowest BCUT2D eigenvalue weighted by Gasteiger charge is -2.07. The van der Waals surface area contributed by atoms with E-state index in [0.717, 1.165) is 17.4 Å². The average Bonchev–Trinajstić information content (AvgIpc) is 3.07. The molecule has 1 aliphatic carbocycles. The van der Waals surface area contributed by atoms with Gasteiger partial charge in [-0.05, 0) is 30.9 Å². The van der Waals surface area contributed by atoms with Crippen LogP contribution < -0.4 is 15.8 Å². The molecule has 1 aromatic rings. The highest BCUT2D eigenvalue weighted by Gasteiger charge is 2.35. The number of guanidine groups is 1. The zero-order chi connectivity index (χ0) is 13.0. The summed E-state index contributed by atoms with van der Waals surface area (Å²) in [5.74, 6) is 2.04. The smallest absolute Gasteiger partial charge is 0.193 e. The van der Waals surface area contributed by atoms with Crippen molar-refractivity contribution in [1.29, 1.82) is 0 Å². The summed E-state index contributed by atoms with van der Waals surface area (Å²) < 4.78 is 5.16. The lowest BCUT2D eigenvalue weighted by molar-refractivity contribution is 0.415. The summed E-state index contributed by atoms with van der Waals surface area (Å²) in [6.45, 7) is 2.21. The second-order valence-corrected chi connectivity index (χ2v) is 4.72. The van der Waals surface area contributed by atoms with Crippen molar-refractivity contribution in [2.24, 2.45) is 16.6 Å². The van der Waals surface area contributed by atoms with Crippen molar-refractivity contribution in [2.45, 2.75) is 32.2 Å². The number of hydrogen-bond donors (Lipinski definition) is 2. The Balaban J connectivity index is 1.90. The fourth-order valence-corrected chi connectivity index (χ4v) is 2.13. The molecule has 1 aliphatic rings.